The van der Waals surface area contributed by atoms with E-state index in [0.29, 0.717) is 0 Å². The second-order valence-corrected chi connectivity index (χ2v) is 3.33. The molecule has 0 heterocycles. The summed E-state index contributed by atoms with van der Waals surface area (Å²) in [6, 6.07) is 0. The molecule has 0 bridgehead atoms. The molecule has 2 unspecified atom stereocenters. The van der Waals surface area contributed by atoms with Crippen molar-refractivity contribution in [2.24, 2.45) is 5.92 Å². The lowest BCUT2D eigenvalue weighted by Gasteiger charge is -2.12. The van der Waals surface area contributed by atoms with Crippen LogP contribution in [0, 0.1) is 5.92 Å². The van der Waals surface area contributed by atoms with Gasteiger partial charge >= 0.3 is 0 Å². The Hall–Kier alpha value is -0.0800. The van der Waals surface area contributed by atoms with Gasteiger partial charge < -0.3 is 10.2 Å². The predicted molar refractivity (Wildman–Crippen MR) is 39.6 cm³/mol. The fraction of sp³-hybridized carbons (Fsp3) is 1.00. The maximum Gasteiger partial charge on any atom is 0.0796 e. The van der Waals surface area contributed by atoms with Crippen LogP contribution in [0.3, 0.4) is 0 Å². The minimum Gasteiger partial charge on any atom is -0.391 e. The van der Waals surface area contributed by atoms with E-state index in [1.807, 2.05) is 0 Å². The van der Waals surface area contributed by atoms with Crippen LogP contribution in [0.2, 0.25) is 0 Å². The van der Waals surface area contributed by atoms with E-state index in [1.54, 1.807) is 6.92 Å². The molecule has 1 aliphatic rings. The molecule has 2 nitrogen and oxygen atoms in total. The van der Waals surface area contributed by atoms with Gasteiger partial charge in [0.1, 0.15) is 0 Å². The van der Waals surface area contributed by atoms with E-state index >= 15 is 0 Å². The summed E-state index contributed by atoms with van der Waals surface area (Å²) < 4.78 is 0. The summed E-state index contributed by atoms with van der Waals surface area (Å²) in [7, 11) is 0. The summed E-state index contributed by atoms with van der Waals surface area (Å²) in [6.45, 7) is 1.64. The van der Waals surface area contributed by atoms with Crippen LogP contribution in [0.15, 0.2) is 0 Å². The molecule has 0 amide bonds. The lowest BCUT2D eigenvalue weighted by Crippen LogP contribution is -2.22. The van der Waals surface area contributed by atoms with Crippen LogP contribution in [0.25, 0.3) is 0 Å². The van der Waals surface area contributed by atoms with Crippen molar-refractivity contribution in [2.45, 2.75) is 44.8 Å². The zero-order chi connectivity index (χ0) is 7.56. The second kappa shape index (κ2) is 3.35. The van der Waals surface area contributed by atoms with Gasteiger partial charge in [0, 0.05) is 0 Å². The molecule has 10 heavy (non-hydrogen) atoms. The molecule has 2 atom stereocenters. The maximum absolute atomic E-state index is 9.15. The van der Waals surface area contributed by atoms with Crippen LogP contribution in [0.4, 0.5) is 0 Å². The van der Waals surface area contributed by atoms with Crippen LogP contribution in [0.1, 0.15) is 32.6 Å². The summed E-state index contributed by atoms with van der Waals surface area (Å²) >= 11 is 0. The summed E-state index contributed by atoms with van der Waals surface area (Å²) in [4.78, 5) is 0. The van der Waals surface area contributed by atoms with Crippen LogP contribution in [-0.2, 0) is 0 Å². The average Bonchev–Trinajstić information content (AvgIpc) is 2.64. The summed E-state index contributed by atoms with van der Waals surface area (Å²) in [5.74, 6) is 0.855. The highest BCUT2D eigenvalue weighted by Gasteiger charge is 2.22. The average molecular weight is 144 g/mol. The van der Waals surface area contributed by atoms with Gasteiger partial charge in [0.05, 0.1) is 12.2 Å². The fourth-order valence-electron chi connectivity index (χ4n) is 1.05. The van der Waals surface area contributed by atoms with Gasteiger partial charge in [-0.1, -0.05) is 12.8 Å². The summed E-state index contributed by atoms with van der Waals surface area (Å²) in [6.07, 6.45) is 3.45. The highest BCUT2D eigenvalue weighted by Crippen LogP contribution is 2.33. The monoisotopic (exact) mass is 144 g/mol. The van der Waals surface area contributed by atoms with E-state index in [1.165, 1.54) is 12.8 Å². The molecule has 2 N–H and O–H groups in total. The Bertz CT molecular complexity index is 97.4. The Morgan fingerprint density at radius 3 is 2.40 bits per heavy atom. The first kappa shape index (κ1) is 8.02. The normalized spacial score (nSPS) is 24.3. The second-order valence-electron chi connectivity index (χ2n) is 3.33. The number of rotatable bonds is 4. The Balaban J connectivity index is 1.99. The smallest absolute Gasteiger partial charge is 0.0796 e. The van der Waals surface area contributed by atoms with Gasteiger partial charge in [-0.25, -0.2) is 0 Å². The van der Waals surface area contributed by atoms with E-state index < -0.39 is 12.2 Å². The van der Waals surface area contributed by atoms with Crippen molar-refractivity contribution >= 4 is 0 Å². The number of aliphatic hydroxyl groups excluding tert-OH is 2. The van der Waals surface area contributed by atoms with Gasteiger partial charge in [0.2, 0.25) is 0 Å². The molecular weight excluding hydrogens is 128 g/mol. The Labute approximate surface area is 61.9 Å². The zero-order valence-corrected chi connectivity index (χ0v) is 6.45. The minimum absolute atomic E-state index is 0.499. The van der Waals surface area contributed by atoms with E-state index in [-0.39, 0.29) is 0 Å². The highest BCUT2D eigenvalue weighted by molar-refractivity contribution is 4.75. The molecule has 1 rings (SSSR count). The summed E-state index contributed by atoms with van der Waals surface area (Å²) in [5.41, 5.74) is 0. The van der Waals surface area contributed by atoms with Crippen LogP contribution in [0.5, 0.6) is 0 Å². The highest BCUT2D eigenvalue weighted by atomic mass is 16.3. The third-order valence-corrected chi connectivity index (χ3v) is 2.12. The molecule has 0 aliphatic heterocycles. The molecule has 2 heteroatoms. The molecule has 0 spiro atoms. The lowest BCUT2D eigenvalue weighted by atomic mass is 10.1. The van der Waals surface area contributed by atoms with E-state index in [4.69, 9.17) is 10.2 Å². The molecule has 60 valence electrons. The first-order valence-corrected chi connectivity index (χ1v) is 4.06. The molecule has 0 aromatic heterocycles. The molecular formula is C8H16O2. The van der Waals surface area contributed by atoms with Gasteiger partial charge in [0.25, 0.3) is 0 Å². The van der Waals surface area contributed by atoms with Gasteiger partial charge in [-0.15, -0.1) is 0 Å². The first-order valence-electron chi connectivity index (χ1n) is 4.06. The van der Waals surface area contributed by atoms with Crippen molar-refractivity contribution in [1.82, 2.24) is 0 Å². The topological polar surface area (TPSA) is 40.5 Å². The van der Waals surface area contributed by atoms with Crippen molar-refractivity contribution in [1.29, 1.82) is 0 Å². The van der Waals surface area contributed by atoms with E-state index in [0.717, 1.165) is 18.8 Å². The minimum atomic E-state index is -0.557. The first-order chi connectivity index (χ1) is 4.70. The standard InChI is InChI=1S/C8H16O2/c1-6(9)8(10)5-4-7-2-3-7/h6-10H,2-5H2,1H3. The van der Waals surface area contributed by atoms with Crippen molar-refractivity contribution < 1.29 is 10.2 Å². The SMILES string of the molecule is CC(O)C(O)CCC1CC1. The van der Waals surface area contributed by atoms with Gasteiger partial charge in [0.15, 0.2) is 0 Å². The van der Waals surface area contributed by atoms with Gasteiger partial charge in [-0.2, -0.15) is 0 Å². The number of hydrogen-bond acceptors (Lipinski definition) is 2. The van der Waals surface area contributed by atoms with E-state index in [9.17, 15) is 0 Å². The fourth-order valence-corrected chi connectivity index (χ4v) is 1.05. The molecule has 1 aliphatic carbocycles. The van der Waals surface area contributed by atoms with Crippen molar-refractivity contribution in [2.75, 3.05) is 0 Å². The van der Waals surface area contributed by atoms with Gasteiger partial charge in [-0.05, 0) is 25.7 Å². The van der Waals surface area contributed by atoms with Crippen LogP contribution in [-0.4, -0.2) is 22.4 Å². The third kappa shape index (κ3) is 2.67. The van der Waals surface area contributed by atoms with Crippen LogP contribution >= 0.6 is 0 Å². The number of aliphatic hydroxyl groups is 2. The molecule has 1 fully saturated rings. The predicted octanol–water partition coefficient (Wildman–Crippen LogP) is 0.918. The number of hydrogen-bond donors (Lipinski definition) is 2. The van der Waals surface area contributed by atoms with Crippen LogP contribution < -0.4 is 0 Å². The molecule has 0 aromatic carbocycles. The third-order valence-electron chi connectivity index (χ3n) is 2.12. The molecule has 1 saturated carbocycles. The van der Waals surface area contributed by atoms with Gasteiger partial charge in [-0.3, -0.25) is 0 Å². The Morgan fingerprint density at radius 2 is 2.00 bits per heavy atom. The largest absolute Gasteiger partial charge is 0.391 e. The Morgan fingerprint density at radius 1 is 1.40 bits per heavy atom. The van der Waals surface area contributed by atoms with Crippen molar-refractivity contribution in [3.05, 3.63) is 0 Å². The van der Waals surface area contributed by atoms with E-state index in [2.05, 4.69) is 0 Å². The maximum atomic E-state index is 9.15. The Kier molecular flexibility index (Phi) is 2.69. The summed E-state index contributed by atoms with van der Waals surface area (Å²) in [5, 5.41) is 18.1. The molecule has 0 saturated heterocycles. The molecule has 0 radical (unpaired) electrons. The zero-order valence-electron chi connectivity index (χ0n) is 6.45. The quantitative estimate of drug-likeness (QED) is 0.616. The molecule has 0 aromatic rings. The van der Waals surface area contributed by atoms with Crippen molar-refractivity contribution in [3.63, 3.8) is 0 Å². The lowest BCUT2D eigenvalue weighted by molar-refractivity contribution is 0.0242. The van der Waals surface area contributed by atoms with Crippen molar-refractivity contribution in [3.8, 4) is 0 Å².